The molecule has 1 rings (SSSR count). The summed E-state index contributed by atoms with van der Waals surface area (Å²) in [6.07, 6.45) is 0. The molecular weight excluding hydrogens is 336 g/mol. The molecule has 0 atom stereocenters. The number of hydrogen-bond acceptors (Lipinski definition) is 13. The number of anilines is 1. The van der Waals surface area contributed by atoms with Gasteiger partial charge in [0.15, 0.2) is 25.0 Å². The smallest absolute Gasteiger partial charge is 0.358 e. The molecule has 1 heterocycles. The molecule has 0 spiro atoms. The second-order valence-electron chi connectivity index (χ2n) is 3.51. The van der Waals surface area contributed by atoms with Gasteiger partial charge in [-0.3, -0.25) is 30.3 Å². The van der Waals surface area contributed by atoms with Gasteiger partial charge >= 0.3 is 24.0 Å². The standard InChI is InChI=1S/C4H2N8O11/c13-8(14)3-2(5-23-6-3)7(12(21)22)1-4(9(15)16,10(17)18)11(19)20/h1H2. The van der Waals surface area contributed by atoms with Gasteiger partial charge in [0.05, 0.1) is 0 Å². The molecule has 1 aromatic heterocycles. The zero-order valence-corrected chi connectivity index (χ0v) is 10.3. The highest BCUT2D eigenvalue weighted by Crippen LogP contribution is 2.26. The second kappa shape index (κ2) is 5.74. The number of aromatic nitrogens is 2. The average Bonchev–Trinajstić information content (AvgIpc) is 2.87. The van der Waals surface area contributed by atoms with E-state index in [1.807, 2.05) is 0 Å². The molecule has 0 aliphatic carbocycles. The van der Waals surface area contributed by atoms with Gasteiger partial charge < -0.3 is 10.1 Å². The fraction of sp³-hybridized carbons (Fsp3) is 0.500. The SMILES string of the molecule is O=[N+]([O-])c1nonc1N(CC([N+](=O)[O-])([N+](=O)[O-])[N+](=O)[O-])[N+](=O)[O-]. The monoisotopic (exact) mass is 338 g/mol. The summed E-state index contributed by atoms with van der Waals surface area (Å²) in [5, 5.41) is 56.7. The first-order valence-corrected chi connectivity index (χ1v) is 4.88. The van der Waals surface area contributed by atoms with Crippen LogP contribution >= 0.6 is 0 Å². The van der Waals surface area contributed by atoms with E-state index in [9.17, 15) is 50.6 Å². The van der Waals surface area contributed by atoms with E-state index >= 15 is 0 Å². The van der Waals surface area contributed by atoms with Crippen molar-refractivity contribution in [1.29, 1.82) is 0 Å². The summed E-state index contributed by atoms with van der Waals surface area (Å²) in [6.45, 7) is -2.12. The summed E-state index contributed by atoms with van der Waals surface area (Å²) in [5.74, 6) is -7.10. The summed E-state index contributed by atoms with van der Waals surface area (Å²) >= 11 is 0. The number of hydrogen-bond donors (Lipinski definition) is 0. The van der Waals surface area contributed by atoms with Crippen LogP contribution < -0.4 is 5.01 Å². The lowest BCUT2D eigenvalue weighted by atomic mass is 10.3. The van der Waals surface area contributed by atoms with Gasteiger partial charge in [-0.2, -0.15) is 0 Å². The van der Waals surface area contributed by atoms with Crippen molar-refractivity contribution in [1.82, 2.24) is 10.3 Å². The molecule has 1 aromatic rings. The number of nitrogens with zero attached hydrogens (tertiary/aromatic N) is 8. The van der Waals surface area contributed by atoms with E-state index in [4.69, 9.17) is 0 Å². The molecule has 19 heteroatoms. The molecule has 0 N–H and O–H groups in total. The van der Waals surface area contributed by atoms with Crippen molar-refractivity contribution in [2.75, 3.05) is 11.6 Å². The molecule has 0 bridgehead atoms. The lowest BCUT2D eigenvalue weighted by Gasteiger charge is -2.12. The van der Waals surface area contributed by atoms with Gasteiger partial charge in [-0.25, -0.2) is 10.1 Å². The van der Waals surface area contributed by atoms with E-state index < -0.39 is 53.7 Å². The van der Waals surface area contributed by atoms with Gasteiger partial charge in [0.25, 0.3) is 0 Å². The Hall–Kier alpha value is -4.06. The van der Waals surface area contributed by atoms with Crippen LogP contribution in [-0.4, -0.2) is 47.4 Å². The summed E-state index contributed by atoms with van der Waals surface area (Å²) in [6, 6.07) is 0. The first-order valence-electron chi connectivity index (χ1n) is 4.88. The van der Waals surface area contributed by atoms with Crippen LogP contribution in [0.25, 0.3) is 0 Å². The number of nitro groups is 5. The molecule has 23 heavy (non-hydrogen) atoms. The number of rotatable bonds is 8. The van der Waals surface area contributed by atoms with E-state index in [0.717, 1.165) is 0 Å². The maximum absolute atomic E-state index is 10.8. The van der Waals surface area contributed by atoms with E-state index in [-0.39, 0.29) is 0 Å². The minimum absolute atomic E-state index is 0.650. The molecule has 0 aliphatic heterocycles. The van der Waals surface area contributed by atoms with E-state index in [0.29, 0.717) is 0 Å². The van der Waals surface area contributed by atoms with Crippen LogP contribution in [0.5, 0.6) is 0 Å². The van der Waals surface area contributed by atoms with Crippen molar-refractivity contribution in [3.8, 4) is 0 Å². The molecule has 0 saturated heterocycles. The molecule has 19 nitrogen and oxygen atoms in total. The Morgan fingerprint density at radius 1 is 0.913 bits per heavy atom. The van der Waals surface area contributed by atoms with E-state index in [1.165, 1.54) is 0 Å². The molecule has 0 radical (unpaired) electrons. The van der Waals surface area contributed by atoms with Gasteiger partial charge in [0.1, 0.15) is 0 Å². The molecule has 0 amide bonds. The molecule has 0 fully saturated rings. The minimum Gasteiger partial charge on any atom is -0.358 e. The first-order chi connectivity index (χ1) is 10.6. The van der Waals surface area contributed by atoms with Crippen LogP contribution in [0.2, 0.25) is 0 Å². The third-order valence-electron chi connectivity index (χ3n) is 2.31. The van der Waals surface area contributed by atoms with Crippen molar-refractivity contribution in [3.05, 3.63) is 50.6 Å². The lowest BCUT2D eigenvalue weighted by Crippen LogP contribution is -2.61. The highest BCUT2D eigenvalue weighted by atomic mass is 16.7. The van der Waals surface area contributed by atoms with Gasteiger partial charge in [-0.05, 0) is 9.93 Å². The molecule has 0 saturated carbocycles. The molecular formula is C4H2N8O11. The summed E-state index contributed by atoms with van der Waals surface area (Å²) < 4.78 is 3.84. The Morgan fingerprint density at radius 2 is 1.39 bits per heavy atom. The predicted molar refractivity (Wildman–Crippen MR) is 59.0 cm³/mol. The Balaban J connectivity index is 3.47. The summed E-state index contributed by atoms with van der Waals surface area (Å²) in [5.41, 5.74) is 0. The quantitative estimate of drug-likeness (QED) is 0.295. The van der Waals surface area contributed by atoms with Crippen molar-refractivity contribution in [2.45, 2.75) is 5.79 Å². The van der Waals surface area contributed by atoms with Crippen molar-refractivity contribution in [2.24, 2.45) is 0 Å². The molecule has 0 unspecified atom stereocenters. The van der Waals surface area contributed by atoms with Crippen LogP contribution in [0, 0.1) is 50.6 Å². The Kier molecular flexibility index (Phi) is 4.24. The van der Waals surface area contributed by atoms with Crippen LogP contribution in [0.1, 0.15) is 0 Å². The lowest BCUT2D eigenvalue weighted by molar-refractivity contribution is -0.967. The number of hydrazine groups is 1. The van der Waals surface area contributed by atoms with E-state index in [1.54, 1.807) is 0 Å². The fourth-order valence-electron chi connectivity index (χ4n) is 1.24. The Labute approximate surface area is 120 Å². The van der Waals surface area contributed by atoms with Crippen molar-refractivity contribution in [3.63, 3.8) is 0 Å². The Morgan fingerprint density at radius 3 is 1.74 bits per heavy atom. The highest BCUT2D eigenvalue weighted by Gasteiger charge is 2.74. The van der Waals surface area contributed by atoms with Gasteiger partial charge in [0.2, 0.25) is 0 Å². The maximum Gasteiger partial charge on any atom is 0.723 e. The summed E-state index contributed by atoms with van der Waals surface area (Å²) in [7, 11) is 0. The summed E-state index contributed by atoms with van der Waals surface area (Å²) in [4.78, 5) is 46.3. The van der Waals surface area contributed by atoms with E-state index in [2.05, 4.69) is 14.9 Å². The third-order valence-corrected chi connectivity index (χ3v) is 2.31. The van der Waals surface area contributed by atoms with Crippen molar-refractivity contribution < 1.29 is 29.4 Å². The van der Waals surface area contributed by atoms with Crippen LogP contribution in [0.3, 0.4) is 0 Å². The average molecular weight is 338 g/mol. The second-order valence-corrected chi connectivity index (χ2v) is 3.51. The maximum atomic E-state index is 10.8. The van der Waals surface area contributed by atoms with Crippen molar-refractivity contribution >= 4 is 11.6 Å². The zero-order valence-electron chi connectivity index (χ0n) is 10.3. The van der Waals surface area contributed by atoms with Gasteiger partial charge in [-0.1, -0.05) is 0 Å². The Bertz CT molecular complexity index is 658. The fourth-order valence-corrected chi connectivity index (χ4v) is 1.24. The van der Waals surface area contributed by atoms with Crippen LogP contribution in [-0.2, 0) is 0 Å². The molecule has 124 valence electrons. The molecule has 0 aromatic carbocycles. The first kappa shape index (κ1) is 17.0. The largest absolute Gasteiger partial charge is 0.723 e. The zero-order chi connectivity index (χ0) is 17.9. The molecule has 0 aliphatic rings. The van der Waals surface area contributed by atoms with Gasteiger partial charge in [-0.15, -0.1) is 4.63 Å². The topological polar surface area (TPSA) is 258 Å². The van der Waals surface area contributed by atoms with Crippen LogP contribution in [0.4, 0.5) is 11.6 Å². The van der Waals surface area contributed by atoms with Gasteiger partial charge in [0, 0.05) is 5.16 Å². The third kappa shape index (κ3) is 2.72. The predicted octanol–water partition coefficient (Wildman–Crippen LogP) is -1.54. The minimum atomic E-state index is -4.28. The normalized spacial score (nSPS) is 10.8. The highest BCUT2D eigenvalue weighted by molar-refractivity contribution is 5.48. The van der Waals surface area contributed by atoms with Crippen LogP contribution in [0.15, 0.2) is 4.63 Å².